The van der Waals surface area contributed by atoms with Crippen molar-refractivity contribution in [2.24, 2.45) is 0 Å². The highest BCUT2D eigenvalue weighted by atomic mass is 32.2. The number of likely N-dealkylation sites (N-methyl/N-ethyl adjacent to an activating group) is 1. The number of benzene rings is 3. The zero-order valence-corrected chi connectivity index (χ0v) is 22.6. The minimum Gasteiger partial charge on any atom is -0.497 e. The van der Waals surface area contributed by atoms with E-state index in [1.54, 1.807) is 38.4 Å². The highest BCUT2D eigenvalue weighted by Gasteiger charge is 2.51. The largest absolute Gasteiger partial charge is 0.497 e. The minimum absolute atomic E-state index is 0.0902. The molecule has 11 heteroatoms. The quantitative estimate of drug-likeness (QED) is 0.446. The van der Waals surface area contributed by atoms with E-state index in [0.29, 0.717) is 30.1 Å². The molecule has 0 aromatic heterocycles. The molecule has 0 radical (unpaired) electrons. The van der Waals surface area contributed by atoms with E-state index in [2.05, 4.69) is 5.32 Å². The Morgan fingerprint density at radius 3 is 2.18 bits per heavy atom. The highest BCUT2D eigenvalue weighted by molar-refractivity contribution is 7.84. The number of nitrogens with one attached hydrogen (secondary N) is 1. The zero-order chi connectivity index (χ0) is 26.9. The van der Waals surface area contributed by atoms with Gasteiger partial charge in [0, 0.05) is 20.1 Å². The Kier molecular flexibility index (Phi) is 7.10. The molecule has 0 aliphatic carbocycles. The number of ether oxygens (including phenoxy) is 2. The van der Waals surface area contributed by atoms with E-state index in [-0.39, 0.29) is 29.9 Å². The van der Waals surface area contributed by atoms with Crippen molar-refractivity contribution in [2.75, 3.05) is 40.5 Å². The fourth-order valence-corrected chi connectivity index (χ4v) is 5.94. The van der Waals surface area contributed by atoms with Gasteiger partial charge in [-0.1, -0.05) is 42.5 Å². The van der Waals surface area contributed by atoms with Crippen LogP contribution >= 0.6 is 12.2 Å². The van der Waals surface area contributed by atoms with E-state index in [1.807, 2.05) is 48.5 Å². The molecule has 3 aromatic rings. The summed E-state index contributed by atoms with van der Waals surface area (Å²) in [7, 11) is -0.832. The number of nitrogens with zero attached hydrogens (tertiary/aromatic N) is 2. The number of thiocarbonyl (C=S) groups is 1. The molecular formula is C27H27N3O6S2. The van der Waals surface area contributed by atoms with Crippen molar-refractivity contribution in [3.63, 3.8) is 0 Å². The van der Waals surface area contributed by atoms with E-state index in [9.17, 15) is 13.2 Å². The smallest absolute Gasteiger partial charge is 0.385 e. The van der Waals surface area contributed by atoms with Gasteiger partial charge in [-0.25, -0.2) is 0 Å². The number of hydrogen-bond acceptors (Lipinski definition) is 7. The second kappa shape index (κ2) is 10.3. The van der Waals surface area contributed by atoms with Crippen molar-refractivity contribution in [3.05, 3.63) is 83.9 Å². The van der Waals surface area contributed by atoms with Gasteiger partial charge in [-0.3, -0.25) is 9.69 Å². The molecule has 1 unspecified atom stereocenters. The molecule has 2 aliphatic heterocycles. The number of morpholine rings is 1. The predicted molar refractivity (Wildman–Crippen MR) is 146 cm³/mol. The van der Waals surface area contributed by atoms with Gasteiger partial charge >= 0.3 is 10.3 Å². The molecule has 2 saturated heterocycles. The molecule has 1 N–H and O–H groups in total. The Bertz CT molecular complexity index is 1490. The Morgan fingerprint density at radius 2 is 1.53 bits per heavy atom. The Hall–Kier alpha value is -3.51. The summed E-state index contributed by atoms with van der Waals surface area (Å²) in [6.07, 6.45) is 0. The first-order chi connectivity index (χ1) is 18.2. The third kappa shape index (κ3) is 4.73. The fourth-order valence-electron chi connectivity index (χ4n) is 4.66. The number of rotatable bonds is 7. The molecule has 1 amide bonds. The summed E-state index contributed by atoms with van der Waals surface area (Å²) in [5.74, 6) is 0.510. The lowest BCUT2D eigenvalue weighted by atomic mass is 9.81. The van der Waals surface area contributed by atoms with Crippen LogP contribution in [0.2, 0.25) is 0 Å². The summed E-state index contributed by atoms with van der Waals surface area (Å²) in [5, 5.41) is 3.46. The van der Waals surface area contributed by atoms with E-state index in [4.69, 9.17) is 25.9 Å². The lowest BCUT2D eigenvalue weighted by molar-refractivity contribution is -0.129. The number of hydrogen-bond donors (Lipinski definition) is 1. The average Bonchev–Trinajstić information content (AvgIpc) is 3.18. The van der Waals surface area contributed by atoms with Gasteiger partial charge in [0.1, 0.15) is 11.5 Å². The summed E-state index contributed by atoms with van der Waals surface area (Å²) in [6, 6.07) is 21.7. The van der Waals surface area contributed by atoms with Crippen LogP contribution in [0.25, 0.3) is 11.1 Å². The number of methoxy groups -OCH3 is 1. The van der Waals surface area contributed by atoms with Gasteiger partial charge in [0.15, 0.2) is 10.7 Å². The second-order valence-corrected chi connectivity index (χ2v) is 10.9. The zero-order valence-electron chi connectivity index (χ0n) is 20.9. The second-order valence-electron chi connectivity index (χ2n) is 8.94. The third-order valence-electron chi connectivity index (χ3n) is 6.68. The molecule has 0 spiro atoms. The van der Waals surface area contributed by atoms with Gasteiger partial charge in [-0.2, -0.15) is 12.7 Å². The van der Waals surface area contributed by atoms with Crippen LogP contribution in [0, 0.1) is 0 Å². The van der Waals surface area contributed by atoms with Crippen LogP contribution in [0.3, 0.4) is 0 Å². The molecule has 0 bridgehead atoms. The highest BCUT2D eigenvalue weighted by Crippen LogP contribution is 2.39. The monoisotopic (exact) mass is 553 g/mol. The maximum absolute atomic E-state index is 13.8. The Morgan fingerprint density at radius 1 is 0.921 bits per heavy atom. The molecule has 2 fully saturated rings. The lowest BCUT2D eigenvalue weighted by Gasteiger charge is -2.29. The van der Waals surface area contributed by atoms with Crippen LogP contribution < -0.4 is 14.2 Å². The summed E-state index contributed by atoms with van der Waals surface area (Å²) in [4.78, 5) is 15.2. The maximum Gasteiger partial charge on any atom is 0.385 e. The normalized spacial score (nSPS) is 20.3. The molecule has 9 nitrogen and oxygen atoms in total. The van der Waals surface area contributed by atoms with Crippen LogP contribution in [0.15, 0.2) is 72.8 Å². The van der Waals surface area contributed by atoms with Crippen molar-refractivity contribution in [1.82, 2.24) is 14.5 Å². The van der Waals surface area contributed by atoms with Gasteiger partial charge in [0.25, 0.3) is 5.91 Å². The third-order valence-corrected chi connectivity index (χ3v) is 8.45. The van der Waals surface area contributed by atoms with E-state index >= 15 is 0 Å². The summed E-state index contributed by atoms with van der Waals surface area (Å²) in [5.41, 5.74) is 1.53. The van der Waals surface area contributed by atoms with Crippen LogP contribution in [-0.4, -0.2) is 69.1 Å². The molecule has 2 heterocycles. The number of carbonyl (C=O) groups is 1. The Labute approximate surface area is 227 Å². The first-order valence-electron chi connectivity index (χ1n) is 12.0. The number of amides is 1. The van der Waals surface area contributed by atoms with E-state index in [0.717, 1.165) is 11.1 Å². The molecule has 198 valence electrons. The molecule has 5 rings (SSSR count). The van der Waals surface area contributed by atoms with Crippen LogP contribution in [0.5, 0.6) is 11.5 Å². The molecule has 3 aromatic carbocycles. The van der Waals surface area contributed by atoms with E-state index < -0.39 is 15.8 Å². The van der Waals surface area contributed by atoms with Crippen LogP contribution in [0.4, 0.5) is 0 Å². The molecule has 2 aliphatic rings. The maximum atomic E-state index is 13.8. The van der Waals surface area contributed by atoms with Crippen LogP contribution in [0.1, 0.15) is 11.1 Å². The minimum atomic E-state index is -4.05. The van der Waals surface area contributed by atoms with Gasteiger partial charge in [-0.05, 0) is 64.8 Å². The fraction of sp³-hybridized carbons (Fsp3) is 0.259. The molecular weight excluding hydrogens is 526 g/mol. The van der Waals surface area contributed by atoms with Gasteiger partial charge in [-0.15, -0.1) is 0 Å². The Balaban J connectivity index is 1.58. The van der Waals surface area contributed by atoms with Crippen molar-refractivity contribution in [2.45, 2.75) is 5.54 Å². The first-order valence-corrected chi connectivity index (χ1v) is 13.7. The first kappa shape index (κ1) is 26.1. The van der Waals surface area contributed by atoms with Crippen LogP contribution in [-0.2, 0) is 25.4 Å². The lowest BCUT2D eigenvalue weighted by Crippen LogP contribution is -2.45. The van der Waals surface area contributed by atoms with Crippen molar-refractivity contribution >= 4 is 33.5 Å². The summed E-state index contributed by atoms with van der Waals surface area (Å²) < 4.78 is 43.1. The molecule has 0 saturated carbocycles. The average molecular weight is 554 g/mol. The van der Waals surface area contributed by atoms with Gasteiger partial charge in [0.2, 0.25) is 0 Å². The van der Waals surface area contributed by atoms with Crippen molar-refractivity contribution in [3.8, 4) is 22.6 Å². The standard InChI is InChI=1S/C27H27N3O6S2/c1-29-25(31)27(28-26(29)37,21-8-3-6-19(16-21)20-7-4-10-23(17-20)34-2)22-9-5-11-24(18-22)36-38(32,33)30-12-14-35-15-13-30/h3-11,16-18H,12-15H2,1-2H3,(H,28,37). The predicted octanol–water partition coefficient (Wildman–Crippen LogP) is 2.91. The van der Waals surface area contributed by atoms with E-state index in [1.165, 1.54) is 9.21 Å². The van der Waals surface area contributed by atoms with Gasteiger partial charge in [0.05, 0.1) is 20.3 Å². The van der Waals surface area contributed by atoms with Crippen molar-refractivity contribution < 1.29 is 26.9 Å². The molecule has 38 heavy (non-hydrogen) atoms. The van der Waals surface area contributed by atoms with Gasteiger partial charge < -0.3 is 19.0 Å². The topological polar surface area (TPSA) is 97.4 Å². The summed E-state index contributed by atoms with van der Waals surface area (Å²) in [6.45, 7) is 1.03. The SMILES string of the molecule is COc1cccc(-c2cccc(C3(c4cccc(OS(=O)(=O)N5CCOCC5)c4)NC(=S)N(C)C3=O)c2)c1. The number of carbonyl (C=O) groups excluding carboxylic acids is 1. The molecule has 1 atom stereocenters. The summed E-state index contributed by atoms with van der Waals surface area (Å²) >= 11 is 5.46. The van der Waals surface area contributed by atoms with Crippen molar-refractivity contribution in [1.29, 1.82) is 0 Å².